The number of ether oxygens (including phenoxy) is 3. The van der Waals surface area contributed by atoms with Crippen molar-refractivity contribution in [3.05, 3.63) is 69.8 Å². The minimum absolute atomic E-state index is 0.0710. The van der Waals surface area contributed by atoms with E-state index in [9.17, 15) is 9.59 Å². The zero-order valence-corrected chi connectivity index (χ0v) is 20.7. The van der Waals surface area contributed by atoms with E-state index >= 15 is 0 Å². The molecule has 1 aliphatic heterocycles. The van der Waals surface area contributed by atoms with E-state index in [1.54, 1.807) is 39.5 Å². The zero-order valence-electron chi connectivity index (χ0n) is 20.7. The molecule has 0 bridgehead atoms. The smallest absolute Gasteiger partial charge is 0.255 e. The summed E-state index contributed by atoms with van der Waals surface area (Å²) < 4.78 is 16.4. The Kier molecular flexibility index (Phi) is 8.29. The van der Waals surface area contributed by atoms with Gasteiger partial charge in [0, 0.05) is 37.1 Å². The minimum atomic E-state index is -0.345. The van der Waals surface area contributed by atoms with Crippen LogP contribution in [0.3, 0.4) is 0 Å². The van der Waals surface area contributed by atoms with Gasteiger partial charge in [0.05, 0.1) is 39.9 Å². The van der Waals surface area contributed by atoms with Gasteiger partial charge >= 0.3 is 0 Å². The molecule has 3 aromatic rings. The second kappa shape index (κ2) is 11.8. The van der Waals surface area contributed by atoms with Crippen LogP contribution < -0.4 is 20.3 Å². The minimum Gasteiger partial charge on any atom is -0.493 e. The maximum atomic E-state index is 12.9. The number of carbonyl (C=O) groups excluding carboxylic acids is 1. The highest BCUT2D eigenvalue weighted by atomic mass is 16.5. The molecule has 190 valence electrons. The van der Waals surface area contributed by atoms with Gasteiger partial charge in [-0.2, -0.15) is 0 Å². The molecule has 0 saturated carbocycles. The lowest BCUT2D eigenvalue weighted by molar-refractivity contribution is -0.120. The summed E-state index contributed by atoms with van der Waals surface area (Å²) in [6, 6.07) is 11.1. The van der Waals surface area contributed by atoms with Gasteiger partial charge in [0.15, 0.2) is 17.3 Å². The topological polar surface area (TPSA) is 119 Å². The molecule has 4 rings (SSSR count). The van der Waals surface area contributed by atoms with Gasteiger partial charge in [-0.05, 0) is 36.8 Å². The number of aromatic amines is 1. The molecule has 0 spiro atoms. The Morgan fingerprint density at radius 2 is 1.94 bits per heavy atom. The summed E-state index contributed by atoms with van der Waals surface area (Å²) >= 11 is 0. The number of H-pyrrole nitrogens is 1. The largest absolute Gasteiger partial charge is 0.493 e. The van der Waals surface area contributed by atoms with E-state index < -0.39 is 0 Å². The van der Waals surface area contributed by atoms with Gasteiger partial charge in [0.25, 0.3) is 5.56 Å². The first kappa shape index (κ1) is 25.3. The number of aromatic nitrogens is 3. The second-order valence-corrected chi connectivity index (χ2v) is 8.45. The first-order chi connectivity index (χ1) is 17.5. The second-order valence-electron chi connectivity index (χ2n) is 8.45. The number of hydrogen-bond acceptors (Lipinski definition) is 8. The molecule has 1 aliphatic rings. The van der Waals surface area contributed by atoms with Crippen LogP contribution >= 0.6 is 0 Å². The fraction of sp³-hybridized carbons (Fsp3) is 0.385. The molecule has 1 amide bonds. The molecule has 0 radical (unpaired) electrons. The first-order valence-corrected chi connectivity index (χ1v) is 11.8. The van der Waals surface area contributed by atoms with E-state index in [0.29, 0.717) is 54.0 Å². The summed E-state index contributed by atoms with van der Waals surface area (Å²) in [6.07, 6.45) is 1.56. The molecule has 1 aromatic carbocycles. The molecule has 1 atom stereocenters. The van der Waals surface area contributed by atoms with Crippen LogP contribution in [0.25, 0.3) is 11.5 Å². The van der Waals surface area contributed by atoms with Crippen molar-refractivity contribution in [1.82, 2.24) is 25.2 Å². The number of carbonyl (C=O) groups is 1. The summed E-state index contributed by atoms with van der Waals surface area (Å²) in [6.45, 7) is 4.83. The first-order valence-electron chi connectivity index (χ1n) is 11.8. The van der Waals surface area contributed by atoms with Crippen molar-refractivity contribution >= 4 is 5.91 Å². The molecular formula is C26H31N5O5. The lowest BCUT2D eigenvalue weighted by atomic mass is 10.0. The van der Waals surface area contributed by atoms with Crippen molar-refractivity contribution in [2.45, 2.75) is 19.4 Å². The van der Waals surface area contributed by atoms with E-state index in [2.05, 4.69) is 25.2 Å². The summed E-state index contributed by atoms with van der Waals surface area (Å²) in [4.78, 5) is 39.4. The lowest BCUT2D eigenvalue weighted by Crippen LogP contribution is -2.44. The number of hydrogen-bond donors (Lipinski definition) is 2. The molecular weight excluding hydrogens is 462 g/mol. The van der Waals surface area contributed by atoms with Crippen molar-refractivity contribution in [3.63, 3.8) is 0 Å². The molecule has 2 N–H and O–H groups in total. The quantitative estimate of drug-likeness (QED) is 0.464. The lowest BCUT2D eigenvalue weighted by Gasteiger charge is -2.35. The fourth-order valence-corrected chi connectivity index (χ4v) is 4.28. The molecule has 0 aliphatic carbocycles. The monoisotopic (exact) mass is 493 g/mol. The van der Waals surface area contributed by atoms with Crippen LogP contribution in [-0.2, 0) is 16.0 Å². The van der Waals surface area contributed by atoms with Crippen LogP contribution in [0.5, 0.6) is 11.5 Å². The van der Waals surface area contributed by atoms with Gasteiger partial charge in [-0.15, -0.1) is 0 Å². The van der Waals surface area contributed by atoms with Gasteiger partial charge in [0.1, 0.15) is 5.69 Å². The Balaban J connectivity index is 1.49. The number of nitrogens with one attached hydrogen (secondary N) is 2. The molecule has 1 fully saturated rings. The Morgan fingerprint density at radius 3 is 2.61 bits per heavy atom. The van der Waals surface area contributed by atoms with Gasteiger partial charge in [0.2, 0.25) is 5.91 Å². The highest BCUT2D eigenvalue weighted by Gasteiger charge is 2.25. The molecule has 0 unspecified atom stereocenters. The van der Waals surface area contributed by atoms with Crippen LogP contribution in [-0.4, -0.2) is 72.8 Å². The summed E-state index contributed by atoms with van der Waals surface area (Å²) in [7, 11) is 3.19. The molecule has 1 saturated heterocycles. The number of aryl methyl sites for hydroxylation is 1. The number of benzene rings is 1. The Hall–Kier alpha value is -3.76. The van der Waals surface area contributed by atoms with E-state index in [4.69, 9.17) is 14.2 Å². The highest BCUT2D eigenvalue weighted by Crippen LogP contribution is 2.32. The highest BCUT2D eigenvalue weighted by molar-refractivity contribution is 5.78. The average molecular weight is 494 g/mol. The number of nitrogens with zero attached hydrogens (tertiary/aromatic N) is 3. The SMILES string of the molecule is COc1ccc([C@@H](CNC(=O)Cc2c(C)nc(-c3ccccn3)[nH]c2=O)N2CCOCC2)cc1OC. The van der Waals surface area contributed by atoms with Crippen molar-refractivity contribution in [1.29, 1.82) is 0 Å². The van der Waals surface area contributed by atoms with Crippen molar-refractivity contribution < 1.29 is 19.0 Å². The van der Waals surface area contributed by atoms with Crippen molar-refractivity contribution in [2.24, 2.45) is 0 Å². The number of rotatable bonds is 9. The summed E-state index contributed by atoms with van der Waals surface area (Å²) in [5.41, 5.74) is 2.05. The molecule has 2 aromatic heterocycles. The van der Waals surface area contributed by atoms with E-state index in [0.717, 1.165) is 18.7 Å². The third-order valence-corrected chi connectivity index (χ3v) is 6.24. The van der Waals surface area contributed by atoms with Crippen molar-refractivity contribution in [3.8, 4) is 23.0 Å². The van der Waals surface area contributed by atoms with Crippen LogP contribution in [0.4, 0.5) is 0 Å². The van der Waals surface area contributed by atoms with Crippen LogP contribution in [0.15, 0.2) is 47.4 Å². The van der Waals surface area contributed by atoms with Gasteiger partial charge in [-0.1, -0.05) is 12.1 Å². The number of pyridine rings is 1. The van der Waals surface area contributed by atoms with Crippen LogP contribution in [0, 0.1) is 6.92 Å². The Morgan fingerprint density at radius 1 is 1.17 bits per heavy atom. The normalized spacial score (nSPS) is 14.8. The molecule has 10 nitrogen and oxygen atoms in total. The maximum absolute atomic E-state index is 12.9. The van der Waals surface area contributed by atoms with Crippen LogP contribution in [0.1, 0.15) is 22.9 Å². The van der Waals surface area contributed by atoms with E-state index in [1.165, 1.54) is 0 Å². The van der Waals surface area contributed by atoms with Gasteiger partial charge < -0.3 is 24.5 Å². The number of methoxy groups -OCH3 is 2. The number of amides is 1. The van der Waals surface area contributed by atoms with Crippen molar-refractivity contribution in [2.75, 3.05) is 47.1 Å². The standard InChI is InChI=1S/C26H31N5O5/c1-17-19(26(33)30-25(29-17)20-6-4-5-9-27-20)15-24(32)28-16-21(31-10-12-36-13-11-31)18-7-8-22(34-2)23(14-18)35-3/h4-9,14,21H,10-13,15-16H2,1-3H3,(H,28,32)(H,29,30,33)/t21-/m1/s1. The third kappa shape index (κ3) is 5.89. The molecule has 36 heavy (non-hydrogen) atoms. The van der Waals surface area contributed by atoms with E-state index in [1.807, 2.05) is 24.3 Å². The summed E-state index contributed by atoms with van der Waals surface area (Å²) in [5.74, 6) is 1.39. The van der Waals surface area contributed by atoms with Crippen LogP contribution in [0.2, 0.25) is 0 Å². The third-order valence-electron chi connectivity index (χ3n) is 6.24. The van der Waals surface area contributed by atoms with Gasteiger partial charge in [-0.3, -0.25) is 19.5 Å². The zero-order chi connectivity index (χ0) is 25.5. The van der Waals surface area contributed by atoms with E-state index in [-0.39, 0.29) is 23.9 Å². The Bertz CT molecular complexity index is 1240. The summed E-state index contributed by atoms with van der Waals surface area (Å²) in [5, 5.41) is 3.01. The van der Waals surface area contributed by atoms with Gasteiger partial charge in [-0.25, -0.2) is 4.98 Å². The average Bonchev–Trinajstić information content (AvgIpc) is 2.91. The molecule has 3 heterocycles. The Labute approximate surface area is 209 Å². The number of morpholine rings is 1. The predicted octanol–water partition coefficient (Wildman–Crippen LogP) is 1.89. The maximum Gasteiger partial charge on any atom is 0.255 e. The fourth-order valence-electron chi connectivity index (χ4n) is 4.28. The molecule has 10 heteroatoms. The predicted molar refractivity (Wildman–Crippen MR) is 134 cm³/mol.